The Morgan fingerprint density at radius 2 is 2.10 bits per heavy atom. The van der Waals surface area contributed by atoms with Crippen LogP contribution in [0.3, 0.4) is 0 Å². The van der Waals surface area contributed by atoms with E-state index < -0.39 is 10.4 Å². The third kappa shape index (κ3) is 3.58. The molecule has 5 rings (SSSR count). The summed E-state index contributed by atoms with van der Waals surface area (Å²) in [6, 6.07) is 12.2. The number of nitrogens with zero attached hydrogens (tertiary/aromatic N) is 3. The number of rotatable bonds is 4. The number of amides is 1. The molecule has 0 radical (unpaired) electrons. The van der Waals surface area contributed by atoms with E-state index in [0.717, 1.165) is 10.9 Å². The summed E-state index contributed by atoms with van der Waals surface area (Å²) < 4.78 is 27.7. The number of aromatic amines is 1. The largest absolute Gasteiger partial charge is 0.588 e. The van der Waals surface area contributed by atoms with E-state index in [4.69, 9.17) is 0 Å². The number of sulfonamides is 1. The second-order valence-electron chi connectivity index (χ2n) is 7.29. The molecule has 0 bridgehead atoms. The van der Waals surface area contributed by atoms with Gasteiger partial charge in [-0.2, -0.15) is 4.31 Å². The highest BCUT2D eigenvalue weighted by atomic mass is 32.3. The van der Waals surface area contributed by atoms with Crippen LogP contribution in [0.2, 0.25) is 0 Å². The predicted octanol–water partition coefficient (Wildman–Crippen LogP) is 3.57. The number of aryl methyl sites for hydroxylation is 1. The van der Waals surface area contributed by atoms with Crippen LogP contribution in [-0.4, -0.2) is 32.0 Å². The fourth-order valence-electron chi connectivity index (χ4n) is 3.74. The van der Waals surface area contributed by atoms with Gasteiger partial charge in [0.05, 0.1) is 24.0 Å². The molecular formula is C22H19N5O3S. The van der Waals surface area contributed by atoms with Crippen molar-refractivity contribution in [3.05, 3.63) is 78.5 Å². The fraction of sp³-hybridized carbons (Fsp3) is 0.136. The van der Waals surface area contributed by atoms with E-state index >= 15 is 0 Å². The molecule has 3 aromatic heterocycles. The summed E-state index contributed by atoms with van der Waals surface area (Å²) in [7, 11) is -3.80. The number of hydrogen-bond acceptors (Lipinski definition) is 5. The fourth-order valence-corrected chi connectivity index (χ4v) is 5.22. The number of fused-ring (bicyclic) bond motifs is 2. The maximum absolute atomic E-state index is 13.2. The average Bonchev–Trinajstić information content (AvgIpc) is 3.27. The molecular weight excluding hydrogens is 414 g/mol. The number of carbonyl (C=O) groups is 1. The smallest absolute Gasteiger partial charge is 0.257 e. The zero-order valence-corrected chi connectivity index (χ0v) is 17.3. The zero-order valence-electron chi connectivity index (χ0n) is 16.4. The first-order valence-electron chi connectivity index (χ1n) is 9.82. The molecule has 31 heavy (non-hydrogen) atoms. The molecule has 4 aromatic rings. The topological polar surface area (TPSA) is 114 Å². The first kappa shape index (κ1) is 19.4. The summed E-state index contributed by atoms with van der Waals surface area (Å²) >= 11 is 0. The minimum Gasteiger partial charge on any atom is -0.588 e. The third-order valence-corrected chi connectivity index (χ3v) is 7.08. The molecule has 0 fully saturated rings. The quantitative estimate of drug-likeness (QED) is 0.478. The first-order chi connectivity index (χ1) is 15.0. The molecule has 4 heterocycles. The number of hydrogen-bond donors (Lipinski definition) is 2. The lowest BCUT2D eigenvalue weighted by Gasteiger charge is -2.32. The molecule has 0 spiro atoms. The maximum atomic E-state index is 13.2. The van der Waals surface area contributed by atoms with Crippen molar-refractivity contribution in [2.75, 3.05) is 16.2 Å². The van der Waals surface area contributed by atoms with Gasteiger partial charge in [-0.3, -0.25) is 14.8 Å². The predicted molar refractivity (Wildman–Crippen MR) is 117 cm³/mol. The van der Waals surface area contributed by atoms with Crippen LogP contribution in [0.25, 0.3) is 10.9 Å². The van der Waals surface area contributed by atoms with Crippen LogP contribution in [0.5, 0.6) is 0 Å². The van der Waals surface area contributed by atoms with Crippen molar-refractivity contribution in [3.8, 4) is 0 Å². The lowest BCUT2D eigenvalue weighted by molar-refractivity contribution is 0.102. The summed E-state index contributed by atoms with van der Waals surface area (Å²) in [6.07, 6.45) is 7.48. The van der Waals surface area contributed by atoms with Crippen LogP contribution in [0.1, 0.15) is 22.5 Å². The molecule has 8 nitrogen and oxygen atoms in total. The Kier molecular flexibility index (Phi) is 4.76. The second kappa shape index (κ2) is 7.60. The Morgan fingerprint density at radius 1 is 1.19 bits per heavy atom. The van der Waals surface area contributed by atoms with E-state index in [9.17, 15) is 13.6 Å². The number of H-pyrrole nitrogens is 1. The molecule has 156 valence electrons. The van der Waals surface area contributed by atoms with Crippen molar-refractivity contribution in [1.29, 1.82) is 0 Å². The van der Waals surface area contributed by atoms with Gasteiger partial charge < -0.3 is 14.9 Å². The summed E-state index contributed by atoms with van der Waals surface area (Å²) in [5.74, 6) is -0.352. The molecule has 0 aliphatic carbocycles. The Bertz CT molecular complexity index is 1320. The van der Waals surface area contributed by atoms with Gasteiger partial charge in [0, 0.05) is 35.2 Å². The van der Waals surface area contributed by atoms with Crippen molar-refractivity contribution in [3.63, 3.8) is 0 Å². The van der Waals surface area contributed by atoms with Crippen LogP contribution in [0, 0.1) is 0 Å². The average molecular weight is 433 g/mol. The second-order valence-corrected chi connectivity index (χ2v) is 9.16. The number of nitrogens with one attached hydrogen (secondary N) is 2. The molecule has 1 aliphatic rings. The molecule has 1 aromatic carbocycles. The van der Waals surface area contributed by atoms with E-state index in [1.807, 2.05) is 30.5 Å². The van der Waals surface area contributed by atoms with E-state index in [2.05, 4.69) is 20.3 Å². The number of benzene rings is 1. The van der Waals surface area contributed by atoms with Crippen molar-refractivity contribution in [2.24, 2.45) is 0 Å². The zero-order chi connectivity index (χ0) is 21.4. The van der Waals surface area contributed by atoms with Crippen molar-refractivity contribution >= 4 is 38.6 Å². The van der Waals surface area contributed by atoms with Crippen molar-refractivity contribution in [1.82, 2.24) is 15.0 Å². The Hall–Kier alpha value is -3.56. The van der Waals surface area contributed by atoms with Gasteiger partial charge in [0.2, 0.25) is 0 Å². The van der Waals surface area contributed by atoms with Crippen LogP contribution >= 0.6 is 0 Å². The molecule has 1 unspecified atom stereocenters. The van der Waals surface area contributed by atoms with Crippen LogP contribution in [0.4, 0.5) is 11.4 Å². The van der Waals surface area contributed by atoms with Crippen LogP contribution in [-0.2, 0) is 21.0 Å². The first-order valence-corrected chi connectivity index (χ1v) is 11.3. The van der Waals surface area contributed by atoms with Gasteiger partial charge in [0.15, 0.2) is 15.3 Å². The van der Waals surface area contributed by atoms with E-state index in [1.54, 1.807) is 12.1 Å². The highest BCUT2D eigenvalue weighted by Crippen LogP contribution is 2.34. The lowest BCUT2D eigenvalue weighted by atomic mass is 10.1. The van der Waals surface area contributed by atoms with Gasteiger partial charge in [-0.05, 0) is 55.3 Å². The summed E-state index contributed by atoms with van der Waals surface area (Å²) in [4.78, 5) is 24.4. The van der Waals surface area contributed by atoms with Gasteiger partial charge in [-0.15, -0.1) is 0 Å². The molecule has 2 N–H and O–H groups in total. The summed E-state index contributed by atoms with van der Waals surface area (Å²) in [5, 5.41) is 3.84. The number of carbonyl (C=O) groups excluding carboxylic acids is 1. The SMILES string of the molecule is O=C(Nc1ccc2[nH]ccc2c1)c1cnc2c(c1)N([S+](=O)([O-])c1cccnc1)CCC2. The molecule has 0 saturated carbocycles. The minimum absolute atomic E-state index is 0.109. The lowest BCUT2D eigenvalue weighted by Crippen LogP contribution is -2.40. The molecule has 1 amide bonds. The number of anilines is 2. The molecule has 1 atom stereocenters. The van der Waals surface area contributed by atoms with Crippen molar-refractivity contribution < 1.29 is 13.6 Å². The van der Waals surface area contributed by atoms with Gasteiger partial charge in [-0.1, -0.05) is 4.21 Å². The highest BCUT2D eigenvalue weighted by Gasteiger charge is 2.35. The number of aromatic nitrogens is 3. The van der Waals surface area contributed by atoms with E-state index in [-0.39, 0.29) is 10.8 Å². The van der Waals surface area contributed by atoms with Crippen LogP contribution < -0.4 is 9.62 Å². The third-order valence-electron chi connectivity index (χ3n) is 5.29. The van der Waals surface area contributed by atoms with Gasteiger partial charge in [-0.25, -0.2) is 0 Å². The van der Waals surface area contributed by atoms with Gasteiger partial charge in [0.1, 0.15) is 5.69 Å². The highest BCUT2D eigenvalue weighted by molar-refractivity contribution is 7.99. The Labute approximate surface area is 179 Å². The van der Waals surface area contributed by atoms with Crippen LogP contribution in [0.15, 0.2) is 72.1 Å². The molecule has 9 heteroatoms. The Balaban J connectivity index is 1.46. The normalized spacial score (nSPS) is 15.3. The molecule has 0 saturated heterocycles. The Morgan fingerprint density at radius 3 is 2.94 bits per heavy atom. The summed E-state index contributed by atoms with van der Waals surface area (Å²) in [6.45, 7) is 0.321. The summed E-state index contributed by atoms with van der Waals surface area (Å²) in [5.41, 5.74) is 3.01. The van der Waals surface area contributed by atoms with Crippen molar-refractivity contribution in [2.45, 2.75) is 17.7 Å². The van der Waals surface area contributed by atoms with Gasteiger partial charge >= 0.3 is 0 Å². The molecule has 1 aliphatic heterocycles. The number of pyridine rings is 2. The van der Waals surface area contributed by atoms with E-state index in [1.165, 1.54) is 29.0 Å². The van der Waals surface area contributed by atoms with E-state index in [0.29, 0.717) is 42.0 Å². The standard InChI is InChI=1S/C22H19N5O3S/c28-22(26-17-5-6-19-15(11-17)7-9-24-19)16-12-21-20(25-13-16)4-2-10-27(21)31(29,30)18-3-1-8-23-14-18/h1,3,5-9,11-14,24H,2,4,10H2,(H-,26,28,29,30). The maximum Gasteiger partial charge on any atom is 0.257 e. The monoisotopic (exact) mass is 433 g/mol. The van der Waals surface area contributed by atoms with Gasteiger partial charge in [0.25, 0.3) is 5.91 Å². The minimum atomic E-state index is -3.80.